The SMILES string of the molecule is C=C(C)C[C@H](N)c1c(F)c(F)c(F)c(F)c1F.Cl. The quantitative estimate of drug-likeness (QED) is 0.389. The highest BCUT2D eigenvalue weighted by Gasteiger charge is 2.28. The van der Waals surface area contributed by atoms with Crippen LogP contribution in [0.25, 0.3) is 0 Å². The van der Waals surface area contributed by atoms with Crippen LogP contribution in [-0.4, -0.2) is 0 Å². The summed E-state index contributed by atoms with van der Waals surface area (Å²) >= 11 is 0. The maximum Gasteiger partial charge on any atom is 0.200 e. The molecule has 2 N–H and O–H groups in total. The molecule has 0 aromatic heterocycles. The van der Waals surface area contributed by atoms with Crippen LogP contribution < -0.4 is 5.73 Å². The van der Waals surface area contributed by atoms with Crippen molar-refractivity contribution >= 4 is 12.4 Å². The minimum absolute atomic E-state index is 0. The molecule has 0 amide bonds. The van der Waals surface area contributed by atoms with Crippen molar-refractivity contribution < 1.29 is 22.0 Å². The fourth-order valence-electron chi connectivity index (χ4n) is 1.42. The Kier molecular flexibility index (Phi) is 5.76. The summed E-state index contributed by atoms with van der Waals surface area (Å²) in [6.07, 6.45) is -0.0711. The summed E-state index contributed by atoms with van der Waals surface area (Å²) < 4.78 is 65.0. The van der Waals surface area contributed by atoms with Gasteiger partial charge in [0.15, 0.2) is 23.3 Å². The topological polar surface area (TPSA) is 26.0 Å². The van der Waals surface area contributed by atoms with Crippen LogP contribution in [0, 0.1) is 29.1 Å². The summed E-state index contributed by atoms with van der Waals surface area (Å²) in [5, 5.41) is 0. The Hall–Kier alpha value is -1.14. The average Bonchev–Trinajstić information content (AvgIpc) is 2.23. The Bertz CT molecular complexity index is 446. The van der Waals surface area contributed by atoms with Gasteiger partial charge in [0.25, 0.3) is 0 Å². The van der Waals surface area contributed by atoms with E-state index in [0.717, 1.165) is 0 Å². The lowest BCUT2D eigenvalue weighted by Crippen LogP contribution is -2.18. The number of benzene rings is 1. The number of rotatable bonds is 3. The second kappa shape index (κ2) is 6.15. The first-order chi connectivity index (χ1) is 7.77. The maximum atomic E-state index is 13.3. The van der Waals surface area contributed by atoms with Gasteiger partial charge < -0.3 is 5.73 Å². The van der Waals surface area contributed by atoms with E-state index in [4.69, 9.17) is 5.73 Å². The zero-order valence-electron chi connectivity index (χ0n) is 9.37. The fourth-order valence-corrected chi connectivity index (χ4v) is 1.42. The van der Waals surface area contributed by atoms with Gasteiger partial charge in [0, 0.05) is 11.6 Å². The Balaban J connectivity index is 0.00000289. The van der Waals surface area contributed by atoms with Crippen molar-refractivity contribution in [3.8, 4) is 0 Å². The van der Waals surface area contributed by atoms with Crippen LogP contribution in [0.1, 0.15) is 24.9 Å². The third-order valence-corrected chi connectivity index (χ3v) is 2.18. The molecule has 1 aromatic rings. The van der Waals surface area contributed by atoms with Crippen molar-refractivity contribution in [3.63, 3.8) is 0 Å². The van der Waals surface area contributed by atoms with Gasteiger partial charge in [-0.05, 0) is 13.3 Å². The zero-order valence-corrected chi connectivity index (χ0v) is 10.2. The van der Waals surface area contributed by atoms with Crippen LogP contribution in [0.15, 0.2) is 12.2 Å². The minimum Gasteiger partial charge on any atom is -0.323 e. The van der Waals surface area contributed by atoms with Gasteiger partial charge in [0.05, 0.1) is 0 Å². The predicted octanol–water partition coefficient (Wildman–Crippen LogP) is 3.77. The number of hydrogen-bond acceptors (Lipinski definition) is 1. The summed E-state index contributed by atoms with van der Waals surface area (Å²) in [7, 11) is 0. The lowest BCUT2D eigenvalue weighted by atomic mass is 9.99. The van der Waals surface area contributed by atoms with Gasteiger partial charge in [0.2, 0.25) is 5.82 Å². The van der Waals surface area contributed by atoms with Crippen molar-refractivity contribution in [1.29, 1.82) is 0 Å². The standard InChI is InChI=1S/C11H10F5N.ClH/c1-4(2)3-5(17)6-7(12)9(14)11(16)10(15)8(6)13;/h5H,1,3,17H2,2H3;1H/t5-;/m0./s1. The second-order valence-electron chi connectivity index (χ2n) is 3.75. The fraction of sp³-hybridized carbons (Fsp3) is 0.273. The molecule has 1 atom stereocenters. The molecule has 0 unspecified atom stereocenters. The molecule has 0 saturated heterocycles. The molecule has 1 nitrogen and oxygen atoms in total. The predicted molar refractivity (Wildman–Crippen MR) is 59.8 cm³/mol. The molecule has 0 aliphatic carbocycles. The van der Waals surface area contributed by atoms with E-state index < -0.39 is 40.7 Å². The third-order valence-electron chi connectivity index (χ3n) is 2.18. The molecule has 0 bridgehead atoms. The highest BCUT2D eigenvalue weighted by atomic mass is 35.5. The molecule has 0 saturated carbocycles. The first kappa shape index (κ1) is 16.9. The molecule has 0 heterocycles. The summed E-state index contributed by atoms with van der Waals surface area (Å²) in [5.74, 6) is -9.95. The smallest absolute Gasteiger partial charge is 0.200 e. The van der Waals surface area contributed by atoms with Crippen molar-refractivity contribution in [2.75, 3.05) is 0 Å². The molecule has 1 rings (SSSR count). The van der Waals surface area contributed by atoms with Gasteiger partial charge in [-0.1, -0.05) is 5.57 Å². The van der Waals surface area contributed by atoms with Gasteiger partial charge in [-0.15, -0.1) is 19.0 Å². The summed E-state index contributed by atoms with van der Waals surface area (Å²) in [6.45, 7) is 4.99. The maximum absolute atomic E-state index is 13.3. The number of halogens is 6. The second-order valence-corrected chi connectivity index (χ2v) is 3.75. The first-order valence-electron chi connectivity index (χ1n) is 4.68. The molecule has 0 spiro atoms. The van der Waals surface area contributed by atoms with E-state index in [1.807, 2.05) is 0 Å². The van der Waals surface area contributed by atoms with E-state index in [2.05, 4.69) is 6.58 Å². The van der Waals surface area contributed by atoms with Gasteiger partial charge in [0.1, 0.15) is 0 Å². The van der Waals surface area contributed by atoms with Gasteiger partial charge in [-0.25, -0.2) is 22.0 Å². The lowest BCUT2D eigenvalue weighted by molar-refractivity contribution is 0.363. The van der Waals surface area contributed by atoms with E-state index >= 15 is 0 Å². The molecule has 0 aliphatic rings. The first-order valence-corrected chi connectivity index (χ1v) is 4.68. The van der Waals surface area contributed by atoms with Crippen LogP contribution in [-0.2, 0) is 0 Å². The van der Waals surface area contributed by atoms with Crippen LogP contribution in [0.5, 0.6) is 0 Å². The van der Waals surface area contributed by atoms with E-state index in [1.165, 1.54) is 6.92 Å². The van der Waals surface area contributed by atoms with Gasteiger partial charge in [-0.3, -0.25) is 0 Å². The van der Waals surface area contributed by atoms with E-state index in [0.29, 0.717) is 5.57 Å². The molecule has 1 aromatic carbocycles. The Morgan fingerprint density at radius 2 is 1.33 bits per heavy atom. The van der Waals surface area contributed by atoms with E-state index in [1.54, 1.807) is 0 Å². The molecule has 102 valence electrons. The average molecular weight is 288 g/mol. The van der Waals surface area contributed by atoms with Crippen LogP contribution >= 0.6 is 12.4 Å². The monoisotopic (exact) mass is 287 g/mol. The molecule has 7 heteroatoms. The molecular formula is C11H11ClF5N. The molecule has 18 heavy (non-hydrogen) atoms. The molecule has 0 fully saturated rings. The van der Waals surface area contributed by atoms with E-state index in [9.17, 15) is 22.0 Å². The van der Waals surface area contributed by atoms with Gasteiger partial charge >= 0.3 is 0 Å². The number of nitrogens with two attached hydrogens (primary N) is 1. The third kappa shape index (κ3) is 3.00. The van der Waals surface area contributed by atoms with Crippen molar-refractivity contribution in [2.24, 2.45) is 5.73 Å². The van der Waals surface area contributed by atoms with Crippen LogP contribution in [0.3, 0.4) is 0 Å². The molecule has 0 aliphatic heterocycles. The lowest BCUT2D eigenvalue weighted by Gasteiger charge is -2.15. The van der Waals surface area contributed by atoms with E-state index in [-0.39, 0.29) is 18.8 Å². The van der Waals surface area contributed by atoms with Crippen molar-refractivity contribution in [1.82, 2.24) is 0 Å². The highest BCUT2D eigenvalue weighted by Crippen LogP contribution is 2.29. The van der Waals surface area contributed by atoms with Crippen LogP contribution in [0.2, 0.25) is 0 Å². The summed E-state index contributed by atoms with van der Waals surface area (Å²) in [5.41, 5.74) is 4.85. The van der Waals surface area contributed by atoms with Gasteiger partial charge in [-0.2, -0.15) is 0 Å². The highest BCUT2D eigenvalue weighted by molar-refractivity contribution is 5.85. The molecular weight excluding hydrogens is 277 g/mol. The summed E-state index contributed by atoms with van der Waals surface area (Å²) in [4.78, 5) is 0. The van der Waals surface area contributed by atoms with Crippen LogP contribution in [0.4, 0.5) is 22.0 Å². The molecule has 0 radical (unpaired) electrons. The zero-order chi connectivity index (χ0) is 13.3. The normalized spacial score (nSPS) is 11.9. The van der Waals surface area contributed by atoms with Crippen molar-refractivity contribution in [2.45, 2.75) is 19.4 Å². The minimum atomic E-state index is -2.19. The Morgan fingerprint density at radius 1 is 1.00 bits per heavy atom. The van der Waals surface area contributed by atoms with Crippen molar-refractivity contribution in [3.05, 3.63) is 46.8 Å². The largest absolute Gasteiger partial charge is 0.323 e. The Morgan fingerprint density at radius 3 is 1.67 bits per heavy atom. The summed E-state index contributed by atoms with van der Waals surface area (Å²) in [6, 6.07) is -1.32. The Labute approximate surface area is 107 Å². The number of hydrogen-bond donors (Lipinski definition) is 1.